The molecule has 3 fully saturated rings. The fraction of sp³-hybridized carbons (Fsp3) is 0.590. The first-order valence-electron chi connectivity index (χ1n) is 18.7. The van der Waals surface area contributed by atoms with Crippen LogP contribution in [0.15, 0.2) is 47.6 Å². The smallest absolute Gasteiger partial charge is 0.433 e. The summed E-state index contributed by atoms with van der Waals surface area (Å²) in [5.74, 6) is -2.47. The number of carbonyl (C=O) groups excluding carboxylic acids is 4. The number of hydrogen-bond acceptors (Lipinski definition) is 10. The molecule has 2 aromatic rings. The molecule has 4 aliphatic rings. The third-order valence-electron chi connectivity index (χ3n) is 10.7. The zero-order valence-electron chi connectivity index (χ0n) is 31.7. The molecule has 3 heterocycles. The first-order chi connectivity index (χ1) is 25.5. The minimum Gasteiger partial charge on any atom is -0.494 e. The standard InChI is InChI=1S/C39H51N5O9S/c1-23-10-9-11-24(2)30(20-41-37(48)53-38(3,4)5)35(46)44-22-26(52-34-29-13-8-7-12-28(29)32(51-6)21-40-34)18-31(44)33(45)42-39(19-25(39)15-14-23)36(47)43-54(49,50)27-16-17-27/h7-8,12-15,20-21,23-27,30-31H,9-11,16-19,22H2,1-6H3,(H,42,45)(H,43,47)/b15-14-,41-20?/t23-,24-,25-,26-,30?,31+,39-/m1/s1. The van der Waals surface area contributed by atoms with Crippen molar-refractivity contribution < 1.29 is 41.8 Å². The predicted molar refractivity (Wildman–Crippen MR) is 201 cm³/mol. The Hall–Kier alpha value is -4.53. The van der Waals surface area contributed by atoms with Crippen LogP contribution >= 0.6 is 0 Å². The van der Waals surface area contributed by atoms with E-state index in [0.717, 1.165) is 18.2 Å². The topological polar surface area (TPSA) is 183 Å². The average Bonchev–Trinajstić information content (AvgIpc) is 4.03. The van der Waals surface area contributed by atoms with E-state index in [4.69, 9.17) is 14.2 Å². The molecule has 54 heavy (non-hydrogen) atoms. The fourth-order valence-electron chi connectivity index (χ4n) is 7.33. The van der Waals surface area contributed by atoms with Gasteiger partial charge in [0, 0.05) is 29.3 Å². The van der Waals surface area contributed by atoms with Gasteiger partial charge in [-0.15, -0.1) is 0 Å². The van der Waals surface area contributed by atoms with Gasteiger partial charge in [0.25, 0.3) is 5.91 Å². The Bertz CT molecular complexity index is 1960. The molecular formula is C39H51N5O9S. The van der Waals surface area contributed by atoms with Crippen LogP contribution < -0.4 is 19.5 Å². The minimum atomic E-state index is -3.90. The molecule has 2 aliphatic heterocycles. The van der Waals surface area contributed by atoms with E-state index < -0.39 is 74.2 Å². The number of hydrogen-bond donors (Lipinski definition) is 2. The van der Waals surface area contributed by atoms with E-state index in [1.807, 2.05) is 50.3 Å². The van der Waals surface area contributed by atoms with Crippen LogP contribution in [0.1, 0.15) is 79.6 Å². The molecule has 4 amide bonds. The second-order valence-electron chi connectivity index (χ2n) is 16.2. The maximum Gasteiger partial charge on any atom is 0.433 e. The number of sulfonamides is 1. The molecule has 7 atom stereocenters. The summed E-state index contributed by atoms with van der Waals surface area (Å²) < 4.78 is 45.3. The molecule has 1 unspecified atom stereocenters. The molecule has 1 saturated heterocycles. The first-order valence-corrected chi connectivity index (χ1v) is 20.3. The van der Waals surface area contributed by atoms with Gasteiger partial charge in [-0.3, -0.25) is 19.1 Å². The molecule has 0 bridgehead atoms. The Kier molecular flexibility index (Phi) is 11.1. The molecule has 2 N–H and O–H groups in total. The number of carbonyl (C=O) groups is 4. The van der Waals surface area contributed by atoms with E-state index in [1.165, 1.54) is 11.1 Å². The number of aliphatic imine (C=N–C) groups is 1. The molecule has 0 spiro atoms. The van der Waals surface area contributed by atoms with Crippen LogP contribution in [0.5, 0.6) is 11.6 Å². The molecule has 6 rings (SSSR count). The van der Waals surface area contributed by atoms with Crippen LogP contribution in [0.2, 0.25) is 0 Å². The SMILES string of the molecule is COc1cnc(O[C@@H]2C[C@H]3C(=O)N[C@]4(C(=O)NS(=O)(=O)C5CC5)C[C@H]4/C=C\[C@H](C)CCC[C@@H](C)C(C=NC(=O)OC(C)(C)C)C(=O)N3C2)c2ccccc12. The predicted octanol–water partition coefficient (Wildman–Crippen LogP) is 4.71. The normalized spacial score (nSPS) is 30.0. The average molecular weight is 766 g/mol. The monoisotopic (exact) mass is 765 g/mol. The van der Waals surface area contributed by atoms with Crippen LogP contribution in [0.4, 0.5) is 4.79 Å². The quantitative estimate of drug-likeness (QED) is 0.296. The first kappa shape index (κ1) is 39.2. The highest BCUT2D eigenvalue weighted by Gasteiger charge is 2.62. The number of allylic oxidation sites excluding steroid dienone is 1. The summed E-state index contributed by atoms with van der Waals surface area (Å²) in [5, 5.41) is 3.73. The molecule has 0 radical (unpaired) electrons. The zero-order valence-corrected chi connectivity index (χ0v) is 32.6. The zero-order chi connectivity index (χ0) is 39.0. The van der Waals surface area contributed by atoms with Crippen LogP contribution in [0.25, 0.3) is 10.8 Å². The molecule has 2 aliphatic carbocycles. The van der Waals surface area contributed by atoms with Gasteiger partial charge in [0.05, 0.1) is 31.0 Å². The maximum atomic E-state index is 14.7. The highest BCUT2D eigenvalue weighted by atomic mass is 32.2. The van der Waals surface area contributed by atoms with Crippen molar-refractivity contribution in [1.29, 1.82) is 0 Å². The minimum absolute atomic E-state index is 0.00191. The van der Waals surface area contributed by atoms with E-state index in [9.17, 15) is 27.6 Å². The molecular weight excluding hydrogens is 715 g/mol. The Morgan fingerprint density at radius 3 is 2.48 bits per heavy atom. The summed E-state index contributed by atoms with van der Waals surface area (Å²) in [6.45, 7) is 9.13. The third kappa shape index (κ3) is 8.71. The van der Waals surface area contributed by atoms with Crippen LogP contribution in [0.3, 0.4) is 0 Å². The summed E-state index contributed by atoms with van der Waals surface area (Å²) in [5.41, 5.74) is -2.31. The molecule has 2 saturated carbocycles. The van der Waals surface area contributed by atoms with E-state index in [2.05, 4.69) is 20.0 Å². The summed E-state index contributed by atoms with van der Waals surface area (Å²) in [6.07, 6.45) is 8.61. The number of fused-ring (bicyclic) bond motifs is 3. The number of aromatic nitrogens is 1. The second-order valence-corrected chi connectivity index (χ2v) is 18.1. The van der Waals surface area contributed by atoms with Gasteiger partial charge in [-0.05, 0) is 70.8 Å². The van der Waals surface area contributed by atoms with Crippen LogP contribution in [0, 0.1) is 23.7 Å². The van der Waals surface area contributed by atoms with Crippen molar-refractivity contribution in [2.24, 2.45) is 28.7 Å². The second kappa shape index (κ2) is 15.3. The maximum absolute atomic E-state index is 14.7. The lowest BCUT2D eigenvalue weighted by Crippen LogP contribution is -2.57. The Labute approximate surface area is 316 Å². The number of pyridine rings is 1. The number of nitrogens with one attached hydrogen (secondary N) is 2. The van der Waals surface area contributed by atoms with Gasteiger partial charge >= 0.3 is 6.09 Å². The Morgan fingerprint density at radius 1 is 1.07 bits per heavy atom. The van der Waals surface area contributed by atoms with E-state index in [0.29, 0.717) is 36.3 Å². The van der Waals surface area contributed by atoms with Gasteiger partial charge < -0.3 is 24.4 Å². The number of benzene rings is 1. The Balaban J connectivity index is 1.35. The third-order valence-corrected chi connectivity index (χ3v) is 12.5. The molecule has 14 nitrogen and oxygen atoms in total. The summed E-state index contributed by atoms with van der Waals surface area (Å²) in [4.78, 5) is 65.6. The molecule has 1 aromatic carbocycles. The lowest BCUT2D eigenvalue weighted by atomic mass is 9.87. The lowest BCUT2D eigenvalue weighted by Gasteiger charge is -2.30. The summed E-state index contributed by atoms with van der Waals surface area (Å²) in [7, 11) is -2.35. The highest BCUT2D eigenvalue weighted by Crippen LogP contribution is 2.46. The fourth-order valence-corrected chi connectivity index (χ4v) is 8.70. The largest absolute Gasteiger partial charge is 0.494 e. The lowest BCUT2D eigenvalue weighted by molar-refractivity contribution is -0.142. The van der Waals surface area contributed by atoms with Crippen molar-refractivity contribution >= 4 is 50.8 Å². The van der Waals surface area contributed by atoms with Crippen molar-refractivity contribution in [3.05, 3.63) is 42.6 Å². The number of rotatable bonds is 7. The van der Waals surface area contributed by atoms with Crippen LogP contribution in [-0.4, -0.2) is 90.5 Å². The molecule has 1 aromatic heterocycles. The van der Waals surface area contributed by atoms with Crippen molar-refractivity contribution in [3.63, 3.8) is 0 Å². The highest BCUT2D eigenvalue weighted by molar-refractivity contribution is 7.91. The van der Waals surface area contributed by atoms with Crippen molar-refractivity contribution in [2.75, 3.05) is 13.7 Å². The van der Waals surface area contributed by atoms with Crippen molar-refractivity contribution in [2.45, 2.75) is 108 Å². The van der Waals surface area contributed by atoms with Crippen LogP contribution in [-0.2, 0) is 29.1 Å². The van der Waals surface area contributed by atoms with E-state index in [1.54, 1.807) is 34.1 Å². The van der Waals surface area contributed by atoms with Gasteiger partial charge in [0.15, 0.2) is 0 Å². The van der Waals surface area contributed by atoms with Gasteiger partial charge in [-0.2, -0.15) is 4.99 Å². The number of nitrogens with zero attached hydrogens (tertiary/aromatic N) is 3. The molecule has 15 heteroatoms. The van der Waals surface area contributed by atoms with E-state index in [-0.39, 0.29) is 31.2 Å². The van der Waals surface area contributed by atoms with Gasteiger partial charge in [0.2, 0.25) is 27.7 Å². The summed E-state index contributed by atoms with van der Waals surface area (Å²) >= 11 is 0. The Morgan fingerprint density at radius 2 is 1.80 bits per heavy atom. The van der Waals surface area contributed by atoms with E-state index >= 15 is 0 Å². The summed E-state index contributed by atoms with van der Waals surface area (Å²) in [6, 6.07) is 6.33. The van der Waals surface area contributed by atoms with Crippen molar-refractivity contribution in [1.82, 2.24) is 19.9 Å². The number of methoxy groups -OCH3 is 1. The van der Waals surface area contributed by atoms with Crippen molar-refractivity contribution in [3.8, 4) is 11.6 Å². The number of ether oxygens (including phenoxy) is 3. The molecule has 292 valence electrons. The number of amides is 4. The van der Waals surface area contributed by atoms with Gasteiger partial charge in [-0.1, -0.05) is 50.6 Å². The van der Waals surface area contributed by atoms with Gasteiger partial charge in [0.1, 0.15) is 29.0 Å². The van der Waals surface area contributed by atoms with Gasteiger partial charge in [-0.25, -0.2) is 18.2 Å².